The van der Waals surface area contributed by atoms with Gasteiger partial charge in [-0.3, -0.25) is 9.52 Å². The Morgan fingerprint density at radius 1 is 1.18 bits per heavy atom. The lowest BCUT2D eigenvalue weighted by Gasteiger charge is -2.31. The van der Waals surface area contributed by atoms with Crippen LogP contribution in [0.4, 0.5) is 15.8 Å². The molecule has 0 spiro atoms. The number of halogens is 1. The Labute approximate surface area is 164 Å². The number of nitrogens with zero attached hydrogens (tertiary/aromatic N) is 1. The molecule has 0 unspecified atom stereocenters. The summed E-state index contributed by atoms with van der Waals surface area (Å²) in [6.45, 7) is 4.69. The number of benzene rings is 2. The lowest BCUT2D eigenvalue weighted by atomic mass is 9.99. The Bertz CT molecular complexity index is 1010. The van der Waals surface area contributed by atoms with E-state index in [0.717, 1.165) is 17.3 Å². The minimum absolute atomic E-state index is 0.0253. The normalized spacial score (nSPS) is 14.2. The van der Waals surface area contributed by atoms with E-state index in [9.17, 15) is 17.6 Å². The standard InChI is InChI=1S/C20H23FN2O4S/c1-13(2)12-23-18-7-5-15(10-14(18)4-9-20(23)24)22-28(25,26)16-6-8-19(27-3)17(21)11-16/h5-8,10-11,13,22H,4,9,12H2,1-3H3. The van der Waals surface area contributed by atoms with Crippen molar-refractivity contribution in [3.05, 3.63) is 47.8 Å². The van der Waals surface area contributed by atoms with Gasteiger partial charge in [-0.05, 0) is 54.3 Å². The van der Waals surface area contributed by atoms with E-state index in [0.29, 0.717) is 31.0 Å². The number of anilines is 2. The van der Waals surface area contributed by atoms with Crippen LogP contribution >= 0.6 is 0 Å². The second kappa shape index (κ2) is 7.79. The van der Waals surface area contributed by atoms with Crippen molar-refractivity contribution in [1.82, 2.24) is 0 Å². The second-order valence-corrected chi connectivity index (χ2v) is 8.83. The summed E-state index contributed by atoms with van der Waals surface area (Å²) in [4.78, 5) is 13.8. The Morgan fingerprint density at radius 2 is 1.93 bits per heavy atom. The van der Waals surface area contributed by atoms with Gasteiger partial charge in [0, 0.05) is 24.3 Å². The summed E-state index contributed by atoms with van der Waals surface area (Å²) in [7, 11) is -2.65. The molecule has 28 heavy (non-hydrogen) atoms. The quantitative estimate of drug-likeness (QED) is 0.796. The van der Waals surface area contributed by atoms with Gasteiger partial charge < -0.3 is 9.64 Å². The second-order valence-electron chi connectivity index (χ2n) is 7.14. The molecule has 0 saturated heterocycles. The molecule has 8 heteroatoms. The van der Waals surface area contributed by atoms with Gasteiger partial charge in [0.05, 0.1) is 12.0 Å². The third kappa shape index (κ3) is 4.11. The monoisotopic (exact) mass is 406 g/mol. The van der Waals surface area contributed by atoms with Crippen molar-refractivity contribution >= 4 is 27.3 Å². The molecular formula is C20H23FN2O4S. The number of sulfonamides is 1. The number of nitrogens with one attached hydrogen (secondary N) is 1. The van der Waals surface area contributed by atoms with Crippen molar-refractivity contribution in [2.75, 3.05) is 23.3 Å². The van der Waals surface area contributed by atoms with E-state index < -0.39 is 15.8 Å². The van der Waals surface area contributed by atoms with Crippen LogP contribution in [0.5, 0.6) is 5.75 Å². The highest BCUT2D eigenvalue weighted by atomic mass is 32.2. The maximum atomic E-state index is 13.9. The summed E-state index contributed by atoms with van der Waals surface area (Å²) in [6, 6.07) is 8.57. The summed E-state index contributed by atoms with van der Waals surface area (Å²) in [6.07, 6.45) is 0.940. The first-order valence-corrected chi connectivity index (χ1v) is 10.5. The maximum Gasteiger partial charge on any atom is 0.262 e. The van der Waals surface area contributed by atoms with E-state index in [4.69, 9.17) is 4.74 Å². The van der Waals surface area contributed by atoms with Gasteiger partial charge in [0.2, 0.25) is 5.91 Å². The summed E-state index contributed by atoms with van der Waals surface area (Å²) >= 11 is 0. The Kier molecular flexibility index (Phi) is 5.60. The Hall–Kier alpha value is -2.61. The molecule has 2 aromatic rings. The fourth-order valence-corrected chi connectivity index (χ4v) is 4.28. The minimum atomic E-state index is -3.96. The number of aryl methyl sites for hydroxylation is 1. The summed E-state index contributed by atoms with van der Waals surface area (Å²) in [5.41, 5.74) is 2.08. The zero-order valence-corrected chi connectivity index (χ0v) is 16.8. The molecule has 0 fully saturated rings. The van der Waals surface area contributed by atoms with Crippen LogP contribution in [-0.4, -0.2) is 28.0 Å². The molecular weight excluding hydrogens is 383 g/mol. The van der Waals surface area contributed by atoms with Gasteiger partial charge in [-0.15, -0.1) is 0 Å². The van der Waals surface area contributed by atoms with Crippen molar-refractivity contribution in [3.8, 4) is 5.75 Å². The molecule has 3 rings (SSSR count). The van der Waals surface area contributed by atoms with E-state index in [1.54, 1.807) is 23.1 Å². The molecule has 0 atom stereocenters. The predicted octanol–water partition coefficient (Wildman–Crippen LogP) is 3.57. The van der Waals surface area contributed by atoms with Crippen LogP contribution < -0.4 is 14.4 Å². The molecule has 0 radical (unpaired) electrons. The van der Waals surface area contributed by atoms with Crippen LogP contribution in [0.3, 0.4) is 0 Å². The molecule has 1 heterocycles. The average Bonchev–Trinajstić information content (AvgIpc) is 2.63. The zero-order valence-electron chi connectivity index (χ0n) is 16.0. The minimum Gasteiger partial charge on any atom is -0.494 e. The van der Waals surface area contributed by atoms with Crippen LogP contribution in [0.1, 0.15) is 25.8 Å². The van der Waals surface area contributed by atoms with Gasteiger partial charge in [0.25, 0.3) is 10.0 Å². The smallest absolute Gasteiger partial charge is 0.262 e. The first kappa shape index (κ1) is 20.1. The van der Waals surface area contributed by atoms with Gasteiger partial charge >= 0.3 is 0 Å². The van der Waals surface area contributed by atoms with Crippen molar-refractivity contribution in [2.45, 2.75) is 31.6 Å². The van der Waals surface area contributed by atoms with E-state index in [1.807, 2.05) is 13.8 Å². The number of methoxy groups -OCH3 is 1. The highest BCUT2D eigenvalue weighted by molar-refractivity contribution is 7.92. The molecule has 0 aliphatic carbocycles. The molecule has 2 aromatic carbocycles. The highest BCUT2D eigenvalue weighted by Gasteiger charge is 2.25. The predicted molar refractivity (Wildman–Crippen MR) is 106 cm³/mol. The molecule has 1 aliphatic heterocycles. The fourth-order valence-electron chi connectivity index (χ4n) is 3.22. The number of carbonyl (C=O) groups is 1. The first-order chi connectivity index (χ1) is 13.2. The van der Waals surface area contributed by atoms with Crippen LogP contribution in [0.15, 0.2) is 41.3 Å². The molecule has 1 aliphatic rings. The molecule has 1 N–H and O–H groups in total. The van der Waals surface area contributed by atoms with Crippen molar-refractivity contribution in [3.63, 3.8) is 0 Å². The number of hydrogen-bond donors (Lipinski definition) is 1. The van der Waals surface area contributed by atoms with Crippen molar-refractivity contribution in [2.24, 2.45) is 5.92 Å². The van der Waals surface area contributed by atoms with Crippen LogP contribution in [0.25, 0.3) is 0 Å². The number of amides is 1. The third-order valence-electron chi connectivity index (χ3n) is 4.51. The van der Waals surface area contributed by atoms with Crippen molar-refractivity contribution in [1.29, 1.82) is 0 Å². The molecule has 6 nitrogen and oxygen atoms in total. The topological polar surface area (TPSA) is 75.7 Å². The van der Waals surface area contributed by atoms with Crippen molar-refractivity contribution < 1.29 is 22.3 Å². The maximum absolute atomic E-state index is 13.9. The molecule has 0 bridgehead atoms. The third-order valence-corrected chi connectivity index (χ3v) is 5.89. The van der Waals surface area contributed by atoms with Gasteiger partial charge in [0.15, 0.2) is 11.6 Å². The SMILES string of the molecule is COc1ccc(S(=O)(=O)Nc2ccc3c(c2)CCC(=O)N3CC(C)C)cc1F. The van der Waals surface area contributed by atoms with E-state index >= 15 is 0 Å². The van der Waals surface area contributed by atoms with E-state index in [1.165, 1.54) is 19.2 Å². The summed E-state index contributed by atoms with van der Waals surface area (Å²) in [5, 5.41) is 0. The first-order valence-electron chi connectivity index (χ1n) is 9.01. The largest absolute Gasteiger partial charge is 0.494 e. The van der Waals surface area contributed by atoms with Gasteiger partial charge in [-0.2, -0.15) is 0 Å². The Morgan fingerprint density at radius 3 is 2.57 bits per heavy atom. The highest BCUT2D eigenvalue weighted by Crippen LogP contribution is 2.32. The Balaban J connectivity index is 1.87. The average molecular weight is 406 g/mol. The number of fused-ring (bicyclic) bond motifs is 1. The van der Waals surface area contributed by atoms with Crippen LogP contribution in [-0.2, 0) is 21.2 Å². The number of carbonyl (C=O) groups excluding carboxylic acids is 1. The van der Waals surface area contributed by atoms with Gasteiger partial charge in [-0.1, -0.05) is 13.8 Å². The summed E-state index contributed by atoms with van der Waals surface area (Å²) < 4.78 is 46.4. The molecule has 0 aromatic heterocycles. The molecule has 1 amide bonds. The van der Waals surface area contributed by atoms with Crippen LogP contribution in [0.2, 0.25) is 0 Å². The lowest BCUT2D eigenvalue weighted by Crippen LogP contribution is -2.37. The van der Waals surface area contributed by atoms with E-state index in [-0.39, 0.29) is 16.6 Å². The molecule has 150 valence electrons. The summed E-state index contributed by atoms with van der Waals surface area (Å²) in [5.74, 6) is -0.386. The zero-order chi connectivity index (χ0) is 20.5. The van der Waals surface area contributed by atoms with Gasteiger partial charge in [-0.25, -0.2) is 12.8 Å². The fraction of sp³-hybridized carbons (Fsp3) is 0.350. The lowest BCUT2D eigenvalue weighted by molar-refractivity contribution is -0.119. The molecule has 0 saturated carbocycles. The van der Waals surface area contributed by atoms with E-state index in [2.05, 4.69) is 4.72 Å². The number of rotatable bonds is 6. The van der Waals surface area contributed by atoms with Gasteiger partial charge in [0.1, 0.15) is 0 Å². The number of hydrogen-bond acceptors (Lipinski definition) is 4. The number of ether oxygens (including phenoxy) is 1. The van der Waals surface area contributed by atoms with Crippen LogP contribution in [0, 0.1) is 11.7 Å².